The van der Waals surface area contributed by atoms with Gasteiger partial charge in [0.15, 0.2) is 0 Å². The summed E-state index contributed by atoms with van der Waals surface area (Å²) in [6.45, 7) is 2.00. The maximum absolute atomic E-state index is 12.2. The summed E-state index contributed by atoms with van der Waals surface area (Å²) < 4.78 is 11.3. The summed E-state index contributed by atoms with van der Waals surface area (Å²) in [7, 11) is 1.78. The van der Waals surface area contributed by atoms with Gasteiger partial charge in [-0.15, -0.1) is 0 Å². The van der Waals surface area contributed by atoms with Gasteiger partial charge in [-0.1, -0.05) is 0 Å². The number of thiophene rings is 1. The quantitative estimate of drug-likeness (QED) is 0.861. The second-order valence-electron chi connectivity index (χ2n) is 5.89. The number of nitrogens with one attached hydrogen (secondary N) is 1. The van der Waals surface area contributed by atoms with Gasteiger partial charge in [0, 0.05) is 25.9 Å². The lowest BCUT2D eigenvalue weighted by molar-refractivity contribution is 0.0679. The van der Waals surface area contributed by atoms with Gasteiger partial charge in [-0.25, -0.2) is 4.79 Å². The van der Waals surface area contributed by atoms with E-state index in [0.29, 0.717) is 13.2 Å². The molecule has 1 aromatic carbocycles. The predicted octanol–water partition coefficient (Wildman–Crippen LogP) is 3.97. The third-order valence-electron chi connectivity index (χ3n) is 3.91. The van der Waals surface area contributed by atoms with Crippen molar-refractivity contribution in [2.75, 3.05) is 25.6 Å². The first-order valence-corrected chi connectivity index (χ1v) is 9.02. The molecule has 2 amide bonds. The van der Waals surface area contributed by atoms with Crippen molar-refractivity contribution in [3.63, 3.8) is 0 Å². The van der Waals surface area contributed by atoms with Gasteiger partial charge in [-0.2, -0.15) is 11.3 Å². The zero-order chi connectivity index (χ0) is 16.8. The maximum atomic E-state index is 12.2. The smallest absolute Gasteiger partial charge is 0.321 e. The summed E-state index contributed by atoms with van der Waals surface area (Å²) >= 11 is 1.63. The zero-order valence-corrected chi connectivity index (χ0v) is 14.6. The second-order valence-corrected chi connectivity index (χ2v) is 6.67. The van der Waals surface area contributed by atoms with Crippen molar-refractivity contribution in [2.45, 2.75) is 25.5 Å². The number of rotatable bonds is 6. The fraction of sp³-hybridized carbons (Fsp3) is 0.389. The molecular formula is C18H22N2O3S. The predicted molar refractivity (Wildman–Crippen MR) is 95.7 cm³/mol. The Labute approximate surface area is 146 Å². The number of hydrogen-bond acceptors (Lipinski definition) is 4. The molecule has 1 fully saturated rings. The number of benzene rings is 1. The molecule has 0 bridgehead atoms. The van der Waals surface area contributed by atoms with Gasteiger partial charge >= 0.3 is 6.03 Å². The van der Waals surface area contributed by atoms with Gasteiger partial charge in [0.05, 0.1) is 6.10 Å². The van der Waals surface area contributed by atoms with Crippen LogP contribution in [0.3, 0.4) is 0 Å². The van der Waals surface area contributed by atoms with Crippen molar-refractivity contribution in [2.24, 2.45) is 0 Å². The Bertz CT molecular complexity index is 637. The van der Waals surface area contributed by atoms with Crippen LogP contribution in [-0.2, 0) is 11.3 Å². The molecule has 1 N–H and O–H groups in total. The minimum Gasteiger partial charge on any atom is -0.491 e. The summed E-state index contributed by atoms with van der Waals surface area (Å²) in [6.07, 6.45) is 2.37. The molecular weight excluding hydrogens is 324 g/mol. The Kier molecular flexibility index (Phi) is 5.72. The van der Waals surface area contributed by atoms with E-state index < -0.39 is 0 Å². The molecule has 0 spiro atoms. The Hall–Kier alpha value is -2.05. The van der Waals surface area contributed by atoms with Crippen molar-refractivity contribution in [3.05, 3.63) is 46.7 Å². The normalized spacial score (nSPS) is 16.8. The molecule has 1 atom stereocenters. The van der Waals surface area contributed by atoms with E-state index in [4.69, 9.17) is 9.47 Å². The van der Waals surface area contributed by atoms with Crippen LogP contribution in [0.4, 0.5) is 10.5 Å². The average molecular weight is 346 g/mol. The Morgan fingerprint density at radius 2 is 2.21 bits per heavy atom. The molecule has 2 heterocycles. The van der Waals surface area contributed by atoms with Crippen molar-refractivity contribution in [3.8, 4) is 5.75 Å². The lowest BCUT2D eigenvalue weighted by atomic mass is 10.2. The number of carbonyl (C=O) groups is 1. The summed E-state index contributed by atoms with van der Waals surface area (Å²) in [4.78, 5) is 13.9. The first kappa shape index (κ1) is 16.8. The first-order valence-electron chi connectivity index (χ1n) is 8.08. The maximum Gasteiger partial charge on any atom is 0.321 e. The highest BCUT2D eigenvalue weighted by atomic mass is 32.1. The summed E-state index contributed by atoms with van der Waals surface area (Å²) in [6, 6.07) is 9.32. The molecule has 24 heavy (non-hydrogen) atoms. The van der Waals surface area contributed by atoms with Crippen LogP contribution >= 0.6 is 11.3 Å². The Balaban J connectivity index is 1.47. The number of ether oxygens (including phenoxy) is 2. The molecule has 1 aliphatic heterocycles. The summed E-state index contributed by atoms with van der Waals surface area (Å²) in [5, 5.41) is 6.94. The number of amides is 2. The van der Waals surface area contributed by atoms with Gasteiger partial charge < -0.3 is 19.7 Å². The summed E-state index contributed by atoms with van der Waals surface area (Å²) in [5.41, 5.74) is 1.89. The lowest BCUT2D eigenvalue weighted by Crippen LogP contribution is -2.30. The van der Waals surface area contributed by atoms with E-state index >= 15 is 0 Å². The number of hydrogen-bond donors (Lipinski definition) is 1. The van der Waals surface area contributed by atoms with Gasteiger partial charge in [-0.3, -0.25) is 0 Å². The topological polar surface area (TPSA) is 50.8 Å². The van der Waals surface area contributed by atoms with E-state index in [-0.39, 0.29) is 12.1 Å². The van der Waals surface area contributed by atoms with Crippen molar-refractivity contribution in [1.29, 1.82) is 0 Å². The first-order chi connectivity index (χ1) is 11.7. The molecule has 128 valence electrons. The van der Waals surface area contributed by atoms with Crippen LogP contribution in [0, 0.1) is 0 Å². The van der Waals surface area contributed by atoms with E-state index in [2.05, 4.69) is 5.32 Å². The molecule has 1 unspecified atom stereocenters. The SMILES string of the molecule is CN(Cc1ccsc1)C(=O)Nc1ccc(OCC2CCCO2)cc1. The van der Waals surface area contributed by atoms with Crippen LogP contribution in [-0.4, -0.2) is 37.3 Å². The number of anilines is 1. The van der Waals surface area contributed by atoms with Crippen LogP contribution < -0.4 is 10.1 Å². The fourth-order valence-electron chi connectivity index (χ4n) is 2.55. The molecule has 1 saturated heterocycles. The molecule has 0 saturated carbocycles. The van der Waals surface area contributed by atoms with E-state index in [1.165, 1.54) is 0 Å². The minimum absolute atomic E-state index is 0.130. The number of nitrogens with zero attached hydrogens (tertiary/aromatic N) is 1. The van der Waals surface area contributed by atoms with E-state index in [1.54, 1.807) is 23.3 Å². The molecule has 3 rings (SSSR count). The monoisotopic (exact) mass is 346 g/mol. The lowest BCUT2D eigenvalue weighted by Gasteiger charge is -2.17. The highest BCUT2D eigenvalue weighted by molar-refractivity contribution is 7.07. The largest absolute Gasteiger partial charge is 0.491 e. The van der Waals surface area contributed by atoms with E-state index in [9.17, 15) is 4.79 Å². The van der Waals surface area contributed by atoms with Crippen LogP contribution in [0.25, 0.3) is 0 Å². The fourth-order valence-corrected chi connectivity index (χ4v) is 3.21. The summed E-state index contributed by atoms with van der Waals surface area (Å²) in [5.74, 6) is 0.787. The standard InChI is InChI=1S/C18H22N2O3S/c1-20(11-14-8-10-24-13-14)18(21)19-15-4-6-16(7-5-15)23-12-17-3-2-9-22-17/h4-8,10,13,17H,2-3,9,11-12H2,1H3,(H,19,21). The number of urea groups is 1. The van der Waals surface area contributed by atoms with Crippen molar-refractivity contribution in [1.82, 2.24) is 4.90 Å². The molecule has 5 nitrogen and oxygen atoms in total. The molecule has 1 aliphatic rings. The average Bonchev–Trinajstić information content (AvgIpc) is 3.27. The van der Waals surface area contributed by atoms with E-state index in [0.717, 1.165) is 36.4 Å². The van der Waals surface area contributed by atoms with Crippen LogP contribution in [0.5, 0.6) is 5.75 Å². The van der Waals surface area contributed by atoms with Gasteiger partial charge in [0.25, 0.3) is 0 Å². The highest BCUT2D eigenvalue weighted by Crippen LogP contribution is 2.19. The van der Waals surface area contributed by atoms with Gasteiger partial charge in [-0.05, 0) is 59.5 Å². The third-order valence-corrected chi connectivity index (χ3v) is 4.64. The third kappa shape index (κ3) is 4.72. The second kappa shape index (κ2) is 8.17. The molecule has 2 aromatic rings. The van der Waals surface area contributed by atoms with Crippen LogP contribution in [0.15, 0.2) is 41.1 Å². The van der Waals surface area contributed by atoms with Crippen molar-refractivity contribution < 1.29 is 14.3 Å². The molecule has 6 heteroatoms. The van der Waals surface area contributed by atoms with E-state index in [1.807, 2.05) is 41.1 Å². The Morgan fingerprint density at radius 1 is 1.38 bits per heavy atom. The van der Waals surface area contributed by atoms with Gasteiger partial charge in [0.2, 0.25) is 0 Å². The Morgan fingerprint density at radius 3 is 2.88 bits per heavy atom. The molecule has 0 aliphatic carbocycles. The minimum atomic E-state index is -0.130. The van der Waals surface area contributed by atoms with Crippen molar-refractivity contribution >= 4 is 23.1 Å². The molecule has 0 radical (unpaired) electrons. The highest BCUT2D eigenvalue weighted by Gasteiger charge is 2.16. The van der Waals surface area contributed by atoms with Crippen LogP contribution in [0.1, 0.15) is 18.4 Å². The zero-order valence-electron chi connectivity index (χ0n) is 13.7. The number of carbonyl (C=O) groups excluding carboxylic acids is 1. The van der Waals surface area contributed by atoms with Gasteiger partial charge in [0.1, 0.15) is 12.4 Å². The molecule has 1 aromatic heterocycles. The van der Waals surface area contributed by atoms with Crippen LogP contribution in [0.2, 0.25) is 0 Å².